The first kappa shape index (κ1) is 11.6. The second-order valence-corrected chi connectivity index (χ2v) is 4.32. The molecule has 3 nitrogen and oxygen atoms in total. The number of rotatable bonds is 3. The van der Waals surface area contributed by atoms with Crippen LogP contribution in [-0.4, -0.2) is 28.2 Å². The van der Waals surface area contributed by atoms with Crippen molar-refractivity contribution >= 4 is 0 Å². The average molecular weight is 221 g/mol. The summed E-state index contributed by atoms with van der Waals surface area (Å²) in [6.07, 6.45) is 1.04. The van der Waals surface area contributed by atoms with Gasteiger partial charge in [-0.05, 0) is 35.2 Å². The lowest BCUT2D eigenvalue weighted by molar-refractivity contribution is 0.254. The maximum atomic E-state index is 9.25. The molecule has 16 heavy (non-hydrogen) atoms. The second-order valence-electron chi connectivity index (χ2n) is 4.32. The summed E-state index contributed by atoms with van der Waals surface area (Å²) in [7, 11) is 0. The summed E-state index contributed by atoms with van der Waals surface area (Å²) < 4.78 is 0. The third-order valence-electron chi connectivity index (χ3n) is 3.40. The first-order valence-corrected chi connectivity index (χ1v) is 5.86. The minimum absolute atomic E-state index is 0.00922. The van der Waals surface area contributed by atoms with E-state index in [0.717, 1.165) is 37.2 Å². The molecule has 2 rings (SSSR count). The first-order chi connectivity index (χ1) is 7.78. The van der Waals surface area contributed by atoms with Gasteiger partial charge in [0.2, 0.25) is 0 Å². The fraction of sp³-hybridized carbons (Fsp3) is 0.538. The van der Waals surface area contributed by atoms with Gasteiger partial charge in [0, 0.05) is 13.1 Å². The van der Waals surface area contributed by atoms with Crippen molar-refractivity contribution < 1.29 is 10.2 Å². The molecular formula is C13H19NO2. The lowest BCUT2D eigenvalue weighted by Crippen LogP contribution is -2.30. The molecule has 0 aliphatic carbocycles. The lowest BCUT2D eigenvalue weighted by atomic mass is 9.94. The highest BCUT2D eigenvalue weighted by Gasteiger charge is 2.16. The van der Waals surface area contributed by atoms with Crippen molar-refractivity contribution in [2.24, 2.45) is 0 Å². The van der Waals surface area contributed by atoms with Gasteiger partial charge < -0.3 is 10.2 Å². The van der Waals surface area contributed by atoms with Crippen LogP contribution >= 0.6 is 0 Å². The van der Waals surface area contributed by atoms with Crippen LogP contribution in [0.15, 0.2) is 12.1 Å². The molecule has 0 amide bonds. The van der Waals surface area contributed by atoms with Crippen molar-refractivity contribution in [1.29, 1.82) is 0 Å². The van der Waals surface area contributed by atoms with Crippen LogP contribution in [0.25, 0.3) is 0 Å². The van der Waals surface area contributed by atoms with E-state index in [-0.39, 0.29) is 13.2 Å². The average Bonchev–Trinajstić information content (AvgIpc) is 2.36. The van der Waals surface area contributed by atoms with Crippen LogP contribution in [0.2, 0.25) is 0 Å². The van der Waals surface area contributed by atoms with Gasteiger partial charge in [0.1, 0.15) is 0 Å². The molecule has 0 atom stereocenters. The maximum absolute atomic E-state index is 9.25. The summed E-state index contributed by atoms with van der Waals surface area (Å²) >= 11 is 0. The van der Waals surface area contributed by atoms with E-state index in [1.165, 1.54) is 11.1 Å². The molecule has 1 heterocycles. The summed E-state index contributed by atoms with van der Waals surface area (Å²) in [6, 6.07) is 4.09. The number of hydrogen-bond acceptors (Lipinski definition) is 3. The van der Waals surface area contributed by atoms with Crippen LogP contribution in [0, 0.1) is 0 Å². The van der Waals surface area contributed by atoms with E-state index in [1.807, 2.05) is 12.1 Å². The Morgan fingerprint density at radius 2 is 1.75 bits per heavy atom. The van der Waals surface area contributed by atoms with Crippen molar-refractivity contribution in [2.45, 2.75) is 33.1 Å². The molecule has 0 radical (unpaired) electrons. The van der Waals surface area contributed by atoms with E-state index in [1.54, 1.807) is 0 Å². The third-order valence-corrected chi connectivity index (χ3v) is 3.40. The van der Waals surface area contributed by atoms with Gasteiger partial charge in [-0.15, -0.1) is 0 Å². The first-order valence-electron chi connectivity index (χ1n) is 5.86. The zero-order valence-corrected chi connectivity index (χ0v) is 9.74. The smallest absolute Gasteiger partial charge is 0.0685 e. The Kier molecular flexibility index (Phi) is 3.59. The van der Waals surface area contributed by atoms with Crippen LogP contribution in [0.5, 0.6) is 0 Å². The Hall–Kier alpha value is -0.900. The molecule has 0 unspecified atom stereocenters. The SMILES string of the molecule is CCN1CCc2cc(CO)c(CO)cc2C1. The molecule has 1 aliphatic rings. The zero-order chi connectivity index (χ0) is 11.5. The molecule has 88 valence electrons. The van der Waals surface area contributed by atoms with Crippen LogP contribution in [-0.2, 0) is 26.2 Å². The highest BCUT2D eigenvalue weighted by atomic mass is 16.3. The van der Waals surface area contributed by atoms with Gasteiger partial charge in [0.05, 0.1) is 13.2 Å². The third kappa shape index (κ3) is 2.12. The van der Waals surface area contributed by atoms with Gasteiger partial charge in [0.15, 0.2) is 0 Å². The number of likely N-dealkylation sites (N-methyl/N-ethyl adjacent to an activating group) is 1. The molecule has 0 spiro atoms. The standard InChI is InChI=1S/C13H19NO2/c1-2-14-4-3-10-5-12(8-15)13(9-16)6-11(10)7-14/h5-6,15-16H,2-4,7-9H2,1H3. The summed E-state index contributed by atoms with van der Waals surface area (Å²) in [6.45, 7) is 5.31. The number of aliphatic hydroxyl groups excluding tert-OH is 2. The Balaban J connectivity index is 2.34. The van der Waals surface area contributed by atoms with Crippen molar-refractivity contribution in [3.05, 3.63) is 34.4 Å². The van der Waals surface area contributed by atoms with Crippen molar-refractivity contribution in [1.82, 2.24) is 4.90 Å². The number of aliphatic hydroxyl groups is 2. The summed E-state index contributed by atoms with van der Waals surface area (Å²) in [5.74, 6) is 0. The van der Waals surface area contributed by atoms with Gasteiger partial charge >= 0.3 is 0 Å². The summed E-state index contributed by atoms with van der Waals surface area (Å²) in [5, 5.41) is 18.5. The van der Waals surface area contributed by atoms with E-state index in [9.17, 15) is 10.2 Å². The molecular weight excluding hydrogens is 202 g/mol. The van der Waals surface area contributed by atoms with Gasteiger partial charge in [-0.3, -0.25) is 4.90 Å². The monoisotopic (exact) mass is 221 g/mol. The molecule has 1 aromatic carbocycles. The van der Waals surface area contributed by atoms with Crippen LogP contribution in [0.4, 0.5) is 0 Å². The second kappa shape index (κ2) is 4.95. The van der Waals surface area contributed by atoms with E-state index in [4.69, 9.17) is 0 Å². The predicted octanol–water partition coefficient (Wildman–Crippen LogP) is 1.05. The quantitative estimate of drug-likeness (QED) is 0.802. The Bertz CT molecular complexity index is 376. The predicted molar refractivity (Wildman–Crippen MR) is 62.9 cm³/mol. The summed E-state index contributed by atoms with van der Waals surface area (Å²) in [5.41, 5.74) is 4.35. The van der Waals surface area contributed by atoms with Crippen LogP contribution < -0.4 is 0 Å². The number of fused-ring (bicyclic) bond motifs is 1. The van der Waals surface area contributed by atoms with Crippen molar-refractivity contribution in [3.63, 3.8) is 0 Å². The number of hydrogen-bond donors (Lipinski definition) is 2. The van der Waals surface area contributed by atoms with E-state index < -0.39 is 0 Å². The number of nitrogens with zero attached hydrogens (tertiary/aromatic N) is 1. The molecule has 0 bridgehead atoms. The topological polar surface area (TPSA) is 43.7 Å². The van der Waals surface area contributed by atoms with Crippen LogP contribution in [0.1, 0.15) is 29.2 Å². The fourth-order valence-electron chi connectivity index (χ4n) is 2.33. The van der Waals surface area contributed by atoms with Gasteiger partial charge in [-0.25, -0.2) is 0 Å². The Morgan fingerprint density at radius 3 is 2.31 bits per heavy atom. The normalized spacial score (nSPS) is 16.2. The Labute approximate surface area is 96.3 Å². The van der Waals surface area contributed by atoms with Gasteiger partial charge in [-0.1, -0.05) is 19.1 Å². The minimum Gasteiger partial charge on any atom is -0.392 e. The van der Waals surface area contributed by atoms with Gasteiger partial charge in [-0.2, -0.15) is 0 Å². The molecule has 0 aromatic heterocycles. The van der Waals surface area contributed by atoms with E-state index in [2.05, 4.69) is 11.8 Å². The molecule has 0 fully saturated rings. The maximum Gasteiger partial charge on any atom is 0.0685 e. The van der Waals surface area contributed by atoms with Crippen molar-refractivity contribution in [3.8, 4) is 0 Å². The fourth-order valence-corrected chi connectivity index (χ4v) is 2.33. The Morgan fingerprint density at radius 1 is 1.12 bits per heavy atom. The molecule has 1 aromatic rings. The number of benzene rings is 1. The largest absolute Gasteiger partial charge is 0.392 e. The molecule has 0 saturated carbocycles. The summed E-state index contributed by atoms with van der Waals surface area (Å²) in [4.78, 5) is 2.39. The van der Waals surface area contributed by atoms with E-state index in [0.29, 0.717) is 0 Å². The van der Waals surface area contributed by atoms with Crippen LogP contribution in [0.3, 0.4) is 0 Å². The molecule has 0 saturated heterocycles. The highest BCUT2D eigenvalue weighted by Crippen LogP contribution is 2.23. The van der Waals surface area contributed by atoms with E-state index >= 15 is 0 Å². The minimum atomic E-state index is 0.00922. The highest BCUT2D eigenvalue weighted by molar-refractivity contribution is 5.39. The molecule has 1 aliphatic heterocycles. The lowest BCUT2D eigenvalue weighted by Gasteiger charge is -2.28. The molecule has 3 heteroatoms. The zero-order valence-electron chi connectivity index (χ0n) is 9.74. The molecule has 2 N–H and O–H groups in total. The van der Waals surface area contributed by atoms with Gasteiger partial charge in [0.25, 0.3) is 0 Å². The van der Waals surface area contributed by atoms with Crippen molar-refractivity contribution in [2.75, 3.05) is 13.1 Å².